The molecule has 0 aliphatic carbocycles. The lowest BCUT2D eigenvalue weighted by Crippen LogP contribution is -2.38. The van der Waals surface area contributed by atoms with E-state index in [4.69, 9.17) is 6.42 Å². The first-order valence-electron chi connectivity index (χ1n) is 7.08. The molecule has 2 rings (SSSR count). The summed E-state index contributed by atoms with van der Waals surface area (Å²) in [5.41, 5.74) is 2.68. The Labute approximate surface area is 122 Å². The molecule has 102 valence electrons. The molecule has 0 spiro atoms. The summed E-state index contributed by atoms with van der Waals surface area (Å²) in [7, 11) is 0. The zero-order valence-corrected chi connectivity index (χ0v) is 11.9. The Bertz CT molecular complexity index is 497. The molecule has 0 aromatic heterocycles. The van der Waals surface area contributed by atoms with Crippen LogP contribution in [0.5, 0.6) is 0 Å². The number of terminal acetylenes is 1. The summed E-state index contributed by atoms with van der Waals surface area (Å²) in [6.07, 6.45) is 7.47. The molecule has 0 saturated carbocycles. The standard InChI is InChI=1S/C19H21N/c1-3-16(2)20-19(14-17-10-6-4-7-11-17)15-18-12-8-5-9-13-18/h1,4-13,16,19-20H,14-15H2,2H3. The molecular weight excluding hydrogens is 242 g/mol. The van der Waals surface area contributed by atoms with Gasteiger partial charge >= 0.3 is 0 Å². The van der Waals surface area contributed by atoms with E-state index in [1.807, 2.05) is 19.1 Å². The zero-order chi connectivity index (χ0) is 14.2. The van der Waals surface area contributed by atoms with Crippen molar-refractivity contribution >= 4 is 0 Å². The van der Waals surface area contributed by atoms with E-state index in [0.717, 1.165) is 12.8 Å². The quantitative estimate of drug-likeness (QED) is 0.787. The second kappa shape index (κ2) is 7.53. The minimum absolute atomic E-state index is 0.0902. The van der Waals surface area contributed by atoms with Gasteiger partial charge in [0.1, 0.15) is 0 Å². The minimum Gasteiger partial charge on any atom is -0.300 e. The highest BCUT2D eigenvalue weighted by atomic mass is 14.9. The van der Waals surface area contributed by atoms with Gasteiger partial charge in [0, 0.05) is 6.04 Å². The molecule has 0 aliphatic heterocycles. The maximum Gasteiger partial charge on any atom is 0.0660 e. The molecule has 1 N–H and O–H groups in total. The van der Waals surface area contributed by atoms with E-state index in [0.29, 0.717) is 6.04 Å². The van der Waals surface area contributed by atoms with Crippen molar-refractivity contribution in [3.63, 3.8) is 0 Å². The van der Waals surface area contributed by atoms with Gasteiger partial charge in [-0.3, -0.25) is 0 Å². The first kappa shape index (κ1) is 14.4. The van der Waals surface area contributed by atoms with E-state index in [1.54, 1.807) is 0 Å². The zero-order valence-electron chi connectivity index (χ0n) is 11.9. The van der Waals surface area contributed by atoms with Crippen LogP contribution in [0.3, 0.4) is 0 Å². The Hall–Kier alpha value is -2.04. The van der Waals surface area contributed by atoms with Gasteiger partial charge in [-0.1, -0.05) is 66.6 Å². The fourth-order valence-electron chi connectivity index (χ4n) is 2.39. The summed E-state index contributed by atoms with van der Waals surface area (Å²) in [5, 5.41) is 3.53. The first-order valence-corrected chi connectivity index (χ1v) is 7.08. The van der Waals surface area contributed by atoms with E-state index in [2.05, 4.69) is 59.8 Å². The molecule has 0 aliphatic rings. The Morgan fingerprint density at radius 2 is 1.35 bits per heavy atom. The molecule has 2 aromatic carbocycles. The number of hydrogen-bond donors (Lipinski definition) is 1. The van der Waals surface area contributed by atoms with Gasteiger partial charge in [-0.25, -0.2) is 0 Å². The lowest BCUT2D eigenvalue weighted by Gasteiger charge is -2.21. The highest BCUT2D eigenvalue weighted by Crippen LogP contribution is 2.10. The molecule has 0 fully saturated rings. The topological polar surface area (TPSA) is 12.0 Å². The van der Waals surface area contributed by atoms with E-state index in [-0.39, 0.29) is 6.04 Å². The van der Waals surface area contributed by atoms with Crippen LogP contribution in [0.4, 0.5) is 0 Å². The highest BCUT2D eigenvalue weighted by Gasteiger charge is 2.12. The Morgan fingerprint density at radius 3 is 1.75 bits per heavy atom. The van der Waals surface area contributed by atoms with Crippen molar-refractivity contribution in [1.29, 1.82) is 0 Å². The number of hydrogen-bond acceptors (Lipinski definition) is 1. The molecule has 1 atom stereocenters. The molecule has 20 heavy (non-hydrogen) atoms. The Morgan fingerprint density at radius 1 is 0.900 bits per heavy atom. The summed E-state index contributed by atoms with van der Waals surface area (Å²) in [6, 6.07) is 21.5. The van der Waals surface area contributed by atoms with Gasteiger partial charge in [0.05, 0.1) is 6.04 Å². The van der Waals surface area contributed by atoms with Crippen LogP contribution in [-0.4, -0.2) is 12.1 Å². The monoisotopic (exact) mass is 263 g/mol. The van der Waals surface area contributed by atoms with Crippen molar-refractivity contribution in [3.05, 3.63) is 71.8 Å². The van der Waals surface area contributed by atoms with E-state index >= 15 is 0 Å². The second-order valence-electron chi connectivity index (χ2n) is 5.13. The molecule has 1 unspecified atom stereocenters. The molecule has 1 heteroatoms. The van der Waals surface area contributed by atoms with Gasteiger partial charge in [-0.15, -0.1) is 6.42 Å². The molecule has 0 bridgehead atoms. The second-order valence-corrected chi connectivity index (χ2v) is 5.13. The first-order chi connectivity index (χ1) is 9.78. The van der Waals surface area contributed by atoms with Crippen LogP contribution < -0.4 is 5.32 Å². The van der Waals surface area contributed by atoms with Gasteiger partial charge in [-0.2, -0.15) is 0 Å². The van der Waals surface area contributed by atoms with Crippen molar-refractivity contribution in [3.8, 4) is 12.3 Å². The number of rotatable bonds is 6. The predicted molar refractivity (Wildman–Crippen MR) is 85.5 cm³/mol. The summed E-state index contributed by atoms with van der Waals surface area (Å²) in [5.74, 6) is 2.76. The molecule has 2 aromatic rings. The SMILES string of the molecule is C#CC(C)NC(Cc1ccccc1)Cc1ccccc1. The van der Waals surface area contributed by atoms with Crippen molar-refractivity contribution in [2.75, 3.05) is 0 Å². The van der Waals surface area contributed by atoms with E-state index < -0.39 is 0 Å². The van der Waals surface area contributed by atoms with Crippen LogP contribution in [-0.2, 0) is 12.8 Å². The van der Waals surface area contributed by atoms with Crippen molar-refractivity contribution in [1.82, 2.24) is 5.32 Å². The van der Waals surface area contributed by atoms with E-state index in [1.165, 1.54) is 11.1 Å². The van der Waals surface area contributed by atoms with Crippen LogP contribution in [0.1, 0.15) is 18.1 Å². The van der Waals surface area contributed by atoms with Gasteiger partial charge < -0.3 is 5.32 Å². The Balaban J connectivity index is 2.06. The maximum absolute atomic E-state index is 5.49. The Kier molecular flexibility index (Phi) is 5.41. The van der Waals surface area contributed by atoms with Crippen molar-refractivity contribution < 1.29 is 0 Å². The smallest absolute Gasteiger partial charge is 0.0660 e. The molecule has 1 nitrogen and oxygen atoms in total. The fourth-order valence-corrected chi connectivity index (χ4v) is 2.39. The van der Waals surface area contributed by atoms with Gasteiger partial charge in [0.2, 0.25) is 0 Å². The summed E-state index contributed by atoms with van der Waals surface area (Å²) >= 11 is 0. The molecule has 0 radical (unpaired) electrons. The highest BCUT2D eigenvalue weighted by molar-refractivity contribution is 5.20. The third kappa shape index (κ3) is 4.57. The third-order valence-electron chi connectivity index (χ3n) is 3.39. The normalized spacial score (nSPS) is 12.1. The minimum atomic E-state index is 0.0902. The molecular formula is C19H21N. The molecule has 0 saturated heterocycles. The van der Waals surface area contributed by atoms with Gasteiger partial charge in [-0.05, 0) is 30.9 Å². The van der Waals surface area contributed by atoms with Gasteiger partial charge in [0.15, 0.2) is 0 Å². The van der Waals surface area contributed by atoms with Crippen LogP contribution in [0.15, 0.2) is 60.7 Å². The molecule has 0 amide bonds. The summed E-state index contributed by atoms with van der Waals surface area (Å²) < 4.78 is 0. The maximum atomic E-state index is 5.49. The number of benzene rings is 2. The summed E-state index contributed by atoms with van der Waals surface area (Å²) in [6.45, 7) is 2.03. The lowest BCUT2D eigenvalue weighted by molar-refractivity contribution is 0.485. The largest absolute Gasteiger partial charge is 0.300 e. The number of nitrogens with one attached hydrogen (secondary N) is 1. The van der Waals surface area contributed by atoms with Gasteiger partial charge in [0.25, 0.3) is 0 Å². The summed E-state index contributed by atoms with van der Waals surface area (Å²) in [4.78, 5) is 0. The third-order valence-corrected chi connectivity index (χ3v) is 3.39. The van der Waals surface area contributed by atoms with Crippen LogP contribution in [0.2, 0.25) is 0 Å². The molecule has 0 heterocycles. The van der Waals surface area contributed by atoms with Crippen molar-refractivity contribution in [2.24, 2.45) is 0 Å². The van der Waals surface area contributed by atoms with Crippen LogP contribution >= 0.6 is 0 Å². The predicted octanol–water partition coefficient (Wildman–Crippen LogP) is 3.45. The van der Waals surface area contributed by atoms with Crippen molar-refractivity contribution in [2.45, 2.75) is 31.8 Å². The van der Waals surface area contributed by atoms with Crippen LogP contribution in [0, 0.1) is 12.3 Å². The average molecular weight is 263 g/mol. The lowest BCUT2D eigenvalue weighted by atomic mass is 9.98. The van der Waals surface area contributed by atoms with Crippen LogP contribution in [0.25, 0.3) is 0 Å². The fraction of sp³-hybridized carbons (Fsp3) is 0.263. The average Bonchev–Trinajstić information content (AvgIpc) is 2.49. The van der Waals surface area contributed by atoms with E-state index in [9.17, 15) is 0 Å².